The highest BCUT2D eigenvalue weighted by molar-refractivity contribution is 8.00. The first-order chi connectivity index (χ1) is 54.4. The number of nitrogens with zero attached hydrogens (tertiary/aromatic N) is 7. The van der Waals surface area contributed by atoms with E-state index in [4.69, 9.17) is 19.9 Å². The summed E-state index contributed by atoms with van der Waals surface area (Å²) in [5.41, 5.74) is 7.42. The number of thiazole rings is 1. The highest BCUT2D eigenvalue weighted by atomic mass is 32.2. The molecule has 4 fully saturated rings. The Hall–Kier alpha value is -7.11. The van der Waals surface area contributed by atoms with Crippen molar-refractivity contribution in [3.63, 3.8) is 0 Å². The molecule has 29 nitrogen and oxygen atoms in total. The first kappa shape index (κ1) is 94.0. The van der Waals surface area contributed by atoms with Crippen LogP contribution in [-0.2, 0) is 75.2 Å². The maximum Gasteiger partial charge on any atom is 0.410 e. The number of ether oxygens (including phenoxy) is 3. The minimum Gasteiger partial charge on any atom is -0.445 e. The maximum atomic E-state index is 15.0. The van der Waals surface area contributed by atoms with Gasteiger partial charge in [-0.15, -0.1) is 11.3 Å². The largest absolute Gasteiger partial charge is 0.445 e. The lowest BCUT2D eigenvalue weighted by molar-refractivity contribution is -0.158. The van der Waals surface area contributed by atoms with Crippen molar-refractivity contribution in [3.05, 3.63) is 82.3 Å². The molecule has 1 aliphatic carbocycles. The molecule has 1 aromatic heterocycles. The van der Waals surface area contributed by atoms with Crippen LogP contribution in [0.25, 0.3) is 0 Å². The van der Waals surface area contributed by atoms with Crippen LogP contribution in [0.3, 0.4) is 0 Å². The van der Waals surface area contributed by atoms with Gasteiger partial charge < -0.3 is 70.4 Å². The zero-order chi connectivity index (χ0) is 83.3. The van der Waals surface area contributed by atoms with Crippen molar-refractivity contribution in [1.82, 2.24) is 61.0 Å². The van der Waals surface area contributed by atoms with E-state index in [1.54, 1.807) is 91.9 Å². The summed E-state index contributed by atoms with van der Waals surface area (Å²) in [7, 11) is 6.17. The van der Waals surface area contributed by atoms with Gasteiger partial charge in [0.1, 0.15) is 35.8 Å². The van der Waals surface area contributed by atoms with Gasteiger partial charge in [-0.1, -0.05) is 124 Å². The molecular weight excluding hydrogens is 1540 g/mol. The second kappa shape index (κ2) is 47.3. The number of nitrogens with two attached hydrogens (primary N) is 1. The number of benzene rings is 2. The standard InChI is InChI=1S/C81H126N14O15S4/c1-14-53(8)72(63(108-12)44-68(100)95-37-21-27-62(95)73(109-13)54(9)74(101)87-61(78-83-36-41-114-78)42-55-22-16-15-17-23-55)90(10)79(105)70(51(4)5)89-77(104)71(52(6)7)91(11)81(107)110-45-56-28-30-57(31-29-56)85-75(102)60(26-20-35-84-80(82)106)86-76(103)69(50(2)3)88-64(96)46-111-38-32-65(97)92-47-93-49-94(48-92)67(99)34-40-113-59-25-19-18-24-58(43-59)112-39-33-66(93)98/h15-17,22-23,28-31,36,41,50-54,58-63,69-73,80,84,106H,14,18-21,24-27,32-35,37-40,42-49,82H2,1-13H3,(H,85,102)(H,86,103)(H,87,101)(H,88,96)(H,89,104)/t53-,54+,58-,59?,60-,61-,62-,63+,69-,70-,71-,72-,73+,80?/m0/s1. The molecular formula is C81H126N14O15S4. The summed E-state index contributed by atoms with van der Waals surface area (Å²) in [6, 6.07) is 10.6. The molecule has 2 unspecified atom stereocenters. The van der Waals surface area contributed by atoms with E-state index in [0.29, 0.717) is 84.7 Å². The molecule has 4 heterocycles. The number of likely N-dealkylation sites (N-methyl/N-ethyl adjacent to an activating group) is 2. The van der Waals surface area contributed by atoms with Crippen LogP contribution in [0.15, 0.2) is 66.2 Å². The molecule has 1 saturated carbocycles. The predicted molar refractivity (Wildman–Crippen MR) is 446 cm³/mol. The van der Waals surface area contributed by atoms with E-state index in [2.05, 4.69) is 36.9 Å². The Morgan fingerprint density at radius 2 is 1.37 bits per heavy atom. The first-order valence-electron chi connectivity index (χ1n) is 40.3. The molecule has 0 spiro atoms. The maximum absolute atomic E-state index is 15.0. The van der Waals surface area contributed by atoms with Gasteiger partial charge in [-0.25, -0.2) is 9.78 Å². The normalized spacial score (nSPS) is 20.0. The Morgan fingerprint density at radius 3 is 1.95 bits per heavy atom. The van der Waals surface area contributed by atoms with Crippen LogP contribution in [-0.4, -0.2) is 254 Å². The van der Waals surface area contributed by atoms with Crippen molar-refractivity contribution in [1.29, 1.82) is 0 Å². The Labute approximate surface area is 690 Å². The van der Waals surface area contributed by atoms with E-state index in [-0.39, 0.29) is 105 Å². The molecule has 9 N–H and O–H groups in total. The van der Waals surface area contributed by atoms with Crippen LogP contribution in [0.4, 0.5) is 10.5 Å². The number of amides is 11. The Balaban J connectivity index is 0.899. The summed E-state index contributed by atoms with van der Waals surface area (Å²) in [5.74, 6) is -4.15. The fourth-order valence-electron chi connectivity index (χ4n) is 15.3. The molecule has 33 heteroatoms. The van der Waals surface area contributed by atoms with Crippen molar-refractivity contribution in [2.24, 2.45) is 35.3 Å². The summed E-state index contributed by atoms with van der Waals surface area (Å²) in [6.45, 7) is 17.2. The molecule has 14 atom stereocenters. The SMILES string of the molecule is CC[C@H](C)[C@@H]([C@@H](CC(=O)N1CCC[C@H]1[C@H](OC)[C@@H](C)C(=O)N[C@@H](Cc1ccccc1)c1nccs1)OC)N(C)C(=O)[C@@H](NC(=O)[C@H](C(C)C)N(C)C(=O)OCc1ccc(NC(=O)[C@H](CCCNC(N)O)NC(=O)[C@@H](NC(=O)CSCCC(=O)N2CN3CN(C2)C(=O)CCS[C@H]2CCCCC(C2)SCCC3=O)C(C)C)cc1)C(C)C. The van der Waals surface area contributed by atoms with Gasteiger partial charge in [0.25, 0.3) is 0 Å². The van der Waals surface area contributed by atoms with Crippen molar-refractivity contribution in [2.75, 3.05) is 89.7 Å². The Kier molecular flexibility index (Phi) is 39.0. The fraction of sp³-hybridized carbons (Fsp3) is 0.679. The number of methoxy groups -OCH3 is 2. The smallest absolute Gasteiger partial charge is 0.410 e. The van der Waals surface area contributed by atoms with Crippen molar-refractivity contribution >= 4 is 117 Å². The lowest BCUT2D eigenvalue weighted by atomic mass is 9.89. The quantitative estimate of drug-likeness (QED) is 0.0202. The minimum absolute atomic E-state index is 0.0440. The molecule has 634 valence electrons. The lowest BCUT2D eigenvalue weighted by Gasteiger charge is -2.42. The summed E-state index contributed by atoms with van der Waals surface area (Å²) in [4.78, 5) is 168. The topological polar surface area (TPSA) is 366 Å². The van der Waals surface area contributed by atoms with Crippen LogP contribution >= 0.6 is 46.6 Å². The van der Waals surface area contributed by atoms with E-state index < -0.39 is 114 Å². The lowest BCUT2D eigenvalue weighted by Crippen LogP contribution is -2.60. The summed E-state index contributed by atoms with van der Waals surface area (Å²) in [5, 5.41) is 30.6. The van der Waals surface area contributed by atoms with Crippen LogP contribution in [0.5, 0.6) is 0 Å². The molecule has 4 bridgehead atoms. The average Bonchev–Trinajstić information content (AvgIpc) is 1.34. The zero-order valence-corrected chi connectivity index (χ0v) is 72.1. The number of aliphatic hydroxyl groups excluding tert-OH is 1. The Morgan fingerprint density at radius 1 is 0.719 bits per heavy atom. The van der Waals surface area contributed by atoms with E-state index in [9.17, 15) is 57.8 Å². The number of anilines is 1. The van der Waals surface area contributed by atoms with E-state index >= 15 is 0 Å². The van der Waals surface area contributed by atoms with Crippen LogP contribution in [0.2, 0.25) is 0 Å². The molecule has 3 saturated heterocycles. The zero-order valence-electron chi connectivity index (χ0n) is 68.8. The average molecular weight is 1660 g/mol. The molecule has 0 radical (unpaired) electrons. The third-order valence-corrected chi connectivity index (χ3v) is 26.4. The minimum atomic E-state index is -1.32. The number of carbonyl (C=O) groups is 11. The number of carbonyl (C=O) groups excluding carboxylic acids is 11. The number of thioether (sulfide) groups is 3. The van der Waals surface area contributed by atoms with Gasteiger partial charge in [0.05, 0.1) is 68.4 Å². The third kappa shape index (κ3) is 28.3. The number of hydrogen-bond acceptors (Lipinski definition) is 22. The molecule has 3 aliphatic heterocycles. The van der Waals surface area contributed by atoms with Crippen molar-refractivity contribution in [2.45, 2.75) is 237 Å². The van der Waals surface area contributed by atoms with Gasteiger partial charge in [0.2, 0.25) is 59.1 Å². The van der Waals surface area contributed by atoms with E-state index in [0.717, 1.165) is 29.8 Å². The molecule has 11 amide bonds. The van der Waals surface area contributed by atoms with Gasteiger partial charge in [-0.05, 0) is 105 Å². The van der Waals surface area contributed by atoms with Gasteiger partial charge in [0, 0.05) is 99.1 Å². The molecule has 7 rings (SSSR count). The highest BCUT2D eigenvalue weighted by Crippen LogP contribution is 2.36. The van der Waals surface area contributed by atoms with Crippen LogP contribution in [0.1, 0.15) is 174 Å². The van der Waals surface area contributed by atoms with E-state index in [1.165, 1.54) is 59.9 Å². The molecule has 2 aromatic carbocycles. The number of hydrogen-bond donors (Lipinski definition) is 8. The monoisotopic (exact) mass is 1660 g/mol. The first-order valence-corrected chi connectivity index (χ1v) is 44.4. The van der Waals surface area contributed by atoms with Crippen LogP contribution < -0.4 is 37.6 Å². The second-order valence-corrected chi connectivity index (χ2v) is 36.3. The van der Waals surface area contributed by atoms with Gasteiger partial charge in [-0.2, -0.15) is 35.3 Å². The van der Waals surface area contributed by atoms with Gasteiger partial charge >= 0.3 is 6.09 Å². The predicted octanol–water partition coefficient (Wildman–Crippen LogP) is 7.52. The van der Waals surface area contributed by atoms with Gasteiger partial charge in [0.15, 0.2) is 6.35 Å². The number of aromatic nitrogens is 1. The highest BCUT2D eigenvalue weighted by Gasteiger charge is 2.45. The van der Waals surface area contributed by atoms with Crippen molar-refractivity contribution in [3.8, 4) is 0 Å². The number of aliphatic hydroxyl groups is 1. The second-order valence-electron chi connectivity index (χ2n) is 31.4. The summed E-state index contributed by atoms with van der Waals surface area (Å²) >= 11 is 6.39. The number of rotatable bonds is 39. The fourth-order valence-corrected chi connectivity index (χ4v) is 19.5. The molecule has 4 aliphatic rings. The summed E-state index contributed by atoms with van der Waals surface area (Å²) in [6.07, 6.45) is 7.34. The summed E-state index contributed by atoms with van der Waals surface area (Å²) < 4.78 is 18.0. The molecule has 3 aromatic rings. The number of fused-ring (bicyclic) bond motifs is 4. The number of likely N-dealkylation sites (tertiary alicyclic amines) is 1. The third-order valence-electron chi connectivity index (χ3n) is 21.9. The van der Waals surface area contributed by atoms with Crippen molar-refractivity contribution < 1.29 is 72.1 Å². The van der Waals surface area contributed by atoms with Crippen LogP contribution in [0, 0.1) is 29.6 Å². The van der Waals surface area contributed by atoms with Gasteiger partial charge in [-0.3, -0.25) is 63.9 Å². The molecule has 114 heavy (non-hydrogen) atoms. The Bertz CT molecular complexity index is 3550. The number of nitrogens with one attached hydrogen (secondary N) is 6. The van der Waals surface area contributed by atoms with E-state index in [1.807, 2.05) is 93.9 Å².